The molecular weight excluding hydrogens is 536 g/mol. The van der Waals surface area contributed by atoms with Crippen LogP contribution in [0.5, 0.6) is 0 Å². The zero-order chi connectivity index (χ0) is 29.7. The van der Waals surface area contributed by atoms with Crippen molar-refractivity contribution in [3.63, 3.8) is 0 Å². The number of hydrogen-bond donors (Lipinski definition) is 2. The van der Waals surface area contributed by atoms with Gasteiger partial charge in [0.25, 0.3) is 0 Å². The molecule has 0 aliphatic heterocycles. The monoisotopic (exact) mass is 580 g/mol. The second-order valence-electron chi connectivity index (χ2n) is 9.87. The van der Waals surface area contributed by atoms with Gasteiger partial charge in [0.1, 0.15) is 6.61 Å². The van der Waals surface area contributed by atoms with E-state index >= 15 is 0 Å². The molecule has 8 heteroatoms. The summed E-state index contributed by atoms with van der Waals surface area (Å²) in [7, 11) is 0. The Bertz CT molecular complexity index is 1060. The summed E-state index contributed by atoms with van der Waals surface area (Å²) in [5.74, 6) is -0.121. The number of rotatable bonds is 21. The van der Waals surface area contributed by atoms with Gasteiger partial charge in [-0.15, -0.1) is 13.2 Å². The number of hydrogen-bond acceptors (Lipinski definition) is 6. The Labute approximate surface area is 249 Å². The number of benzene rings is 2. The summed E-state index contributed by atoms with van der Waals surface area (Å²) in [4.78, 5) is 40.5. The lowest BCUT2D eigenvalue weighted by atomic mass is 9.98. The normalized spacial score (nSPS) is 12.1. The molecule has 0 bridgehead atoms. The van der Waals surface area contributed by atoms with Crippen LogP contribution < -0.4 is 5.32 Å². The van der Waals surface area contributed by atoms with Crippen molar-refractivity contribution in [2.24, 2.45) is 5.92 Å². The lowest BCUT2D eigenvalue weighted by molar-refractivity contribution is -0.145. The first-order valence-electron chi connectivity index (χ1n) is 14.2. The predicted molar refractivity (Wildman–Crippen MR) is 166 cm³/mol. The van der Waals surface area contributed by atoms with Crippen molar-refractivity contribution in [1.82, 2.24) is 10.2 Å². The summed E-state index contributed by atoms with van der Waals surface area (Å²) in [6.45, 7) is 7.90. The zero-order valence-electron chi connectivity index (χ0n) is 23.9. The quantitative estimate of drug-likeness (QED) is 0.118. The topological polar surface area (TPSA) is 95.9 Å². The Morgan fingerprint density at radius 2 is 1.66 bits per heavy atom. The van der Waals surface area contributed by atoms with Crippen LogP contribution in [0.2, 0.25) is 0 Å². The molecule has 0 fully saturated rings. The van der Waals surface area contributed by atoms with Crippen LogP contribution in [0.15, 0.2) is 86.0 Å². The molecule has 7 nitrogen and oxygen atoms in total. The molecule has 0 aliphatic carbocycles. The molecule has 0 unspecified atom stereocenters. The molecule has 2 atom stereocenters. The Kier molecular flexibility index (Phi) is 16.9. The van der Waals surface area contributed by atoms with Crippen molar-refractivity contribution in [2.45, 2.75) is 56.9 Å². The van der Waals surface area contributed by atoms with E-state index in [-0.39, 0.29) is 44.0 Å². The van der Waals surface area contributed by atoms with E-state index in [1.54, 1.807) is 22.7 Å². The van der Waals surface area contributed by atoms with E-state index in [0.717, 1.165) is 30.6 Å². The summed E-state index contributed by atoms with van der Waals surface area (Å²) in [5.41, 5.74) is 2.11. The molecule has 2 aromatic rings. The lowest BCUT2D eigenvalue weighted by Crippen LogP contribution is -2.45. The first-order valence-corrected chi connectivity index (χ1v) is 15.3. The second kappa shape index (κ2) is 20.5. The van der Waals surface area contributed by atoms with E-state index in [0.29, 0.717) is 25.1 Å². The van der Waals surface area contributed by atoms with Gasteiger partial charge < -0.3 is 20.1 Å². The van der Waals surface area contributed by atoms with E-state index in [4.69, 9.17) is 4.74 Å². The third kappa shape index (κ3) is 14.2. The number of unbranched alkanes of at least 4 members (excludes halogenated alkanes) is 2. The van der Waals surface area contributed by atoms with E-state index < -0.39 is 12.0 Å². The average Bonchev–Trinajstić information content (AvgIpc) is 2.98. The average molecular weight is 581 g/mol. The smallest absolute Gasteiger partial charge is 0.305 e. The molecule has 0 aromatic heterocycles. The van der Waals surface area contributed by atoms with Crippen molar-refractivity contribution >= 4 is 29.5 Å². The van der Waals surface area contributed by atoms with Crippen LogP contribution in [0.25, 0.3) is 0 Å². The number of amides is 2. The van der Waals surface area contributed by atoms with Crippen LogP contribution in [0.1, 0.15) is 49.7 Å². The summed E-state index contributed by atoms with van der Waals surface area (Å²) in [6.07, 6.45) is 6.54. The Morgan fingerprint density at radius 1 is 0.976 bits per heavy atom. The van der Waals surface area contributed by atoms with Crippen molar-refractivity contribution in [3.05, 3.63) is 97.1 Å². The van der Waals surface area contributed by atoms with E-state index in [1.165, 1.54) is 5.56 Å². The van der Waals surface area contributed by atoms with E-state index in [1.807, 2.05) is 66.7 Å². The van der Waals surface area contributed by atoms with Gasteiger partial charge in [-0.05, 0) is 36.8 Å². The van der Waals surface area contributed by atoms with Crippen molar-refractivity contribution in [3.8, 4) is 0 Å². The van der Waals surface area contributed by atoms with Gasteiger partial charge in [0, 0.05) is 37.4 Å². The molecule has 0 heterocycles. The molecule has 222 valence electrons. The standard InChI is InChI=1S/C33H44N2O5S/c1-3-5-6-13-19-32(38)40-24-30(26-41-25-28-17-11-8-12-18-28)34-33(39)29(14-4-2)22-31(37)35(20-21-36)23-27-15-9-7-10-16-27/h3-4,7-12,15-18,29-30,36H,1-2,5-6,13-14,19-26H2,(H,34,39)/t29-,30+/m0/s1. The van der Waals surface area contributed by atoms with Gasteiger partial charge in [-0.25, -0.2) is 0 Å². The summed E-state index contributed by atoms with van der Waals surface area (Å²) < 4.78 is 5.53. The molecule has 0 saturated heterocycles. The second-order valence-corrected chi connectivity index (χ2v) is 10.9. The van der Waals surface area contributed by atoms with E-state index in [2.05, 4.69) is 18.5 Å². The summed E-state index contributed by atoms with van der Waals surface area (Å²) in [6, 6.07) is 19.2. The molecule has 2 aromatic carbocycles. The summed E-state index contributed by atoms with van der Waals surface area (Å²) in [5, 5.41) is 12.6. The minimum atomic E-state index is -0.631. The zero-order valence-corrected chi connectivity index (χ0v) is 24.7. The number of esters is 1. The van der Waals surface area contributed by atoms with Gasteiger partial charge in [-0.3, -0.25) is 14.4 Å². The predicted octanol–water partition coefficient (Wildman–Crippen LogP) is 5.30. The number of carbonyl (C=O) groups excluding carboxylic acids is 3. The minimum Gasteiger partial charge on any atom is -0.463 e. The fourth-order valence-electron chi connectivity index (χ4n) is 4.21. The van der Waals surface area contributed by atoms with Crippen LogP contribution in [-0.2, 0) is 31.4 Å². The molecule has 2 rings (SSSR count). The van der Waals surface area contributed by atoms with Crippen LogP contribution in [-0.4, -0.2) is 59.3 Å². The highest BCUT2D eigenvalue weighted by Gasteiger charge is 2.26. The van der Waals surface area contributed by atoms with Crippen LogP contribution in [0.4, 0.5) is 0 Å². The van der Waals surface area contributed by atoms with Crippen LogP contribution in [0.3, 0.4) is 0 Å². The maximum atomic E-state index is 13.4. The number of aliphatic hydroxyl groups excluding tert-OH is 1. The third-order valence-electron chi connectivity index (χ3n) is 6.44. The molecule has 0 spiro atoms. The first kappa shape index (κ1) is 33.8. The Hall–Kier alpha value is -3.36. The number of ether oxygens (including phenoxy) is 1. The summed E-state index contributed by atoms with van der Waals surface area (Å²) >= 11 is 1.64. The molecule has 0 radical (unpaired) electrons. The molecular formula is C33H44N2O5S. The van der Waals surface area contributed by atoms with Crippen molar-refractivity contribution < 1.29 is 24.2 Å². The van der Waals surface area contributed by atoms with Crippen molar-refractivity contribution in [2.75, 3.05) is 25.5 Å². The number of carbonyl (C=O) groups is 3. The van der Waals surface area contributed by atoms with Gasteiger partial charge in [-0.2, -0.15) is 11.8 Å². The maximum absolute atomic E-state index is 13.4. The van der Waals surface area contributed by atoms with E-state index in [9.17, 15) is 19.5 Å². The van der Waals surface area contributed by atoms with Gasteiger partial charge in [0.05, 0.1) is 18.6 Å². The SMILES string of the molecule is C=CCCCCC(=O)OC[C@H](CSCc1ccccc1)NC(=O)[C@@H](CC=C)CC(=O)N(CCO)Cc1ccccc1. The van der Waals surface area contributed by atoms with Gasteiger partial charge in [0.2, 0.25) is 11.8 Å². The lowest BCUT2D eigenvalue weighted by Gasteiger charge is -2.26. The fraction of sp³-hybridized carbons (Fsp3) is 0.424. The van der Waals surface area contributed by atoms with Gasteiger partial charge in [-0.1, -0.05) is 72.8 Å². The third-order valence-corrected chi connectivity index (χ3v) is 7.62. The molecule has 2 N–H and O–H groups in total. The molecule has 41 heavy (non-hydrogen) atoms. The fourth-order valence-corrected chi connectivity index (χ4v) is 5.22. The Morgan fingerprint density at radius 3 is 2.29 bits per heavy atom. The number of allylic oxidation sites excluding steroid dienone is 2. The minimum absolute atomic E-state index is 0.0162. The largest absolute Gasteiger partial charge is 0.463 e. The highest BCUT2D eigenvalue weighted by molar-refractivity contribution is 7.98. The molecule has 0 saturated carbocycles. The van der Waals surface area contributed by atoms with Crippen LogP contribution in [0, 0.1) is 5.92 Å². The molecule has 2 amide bonds. The molecule has 0 aliphatic rings. The number of aliphatic hydroxyl groups is 1. The van der Waals surface area contributed by atoms with Crippen LogP contribution >= 0.6 is 11.8 Å². The maximum Gasteiger partial charge on any atom is 0.305 e. The highest BCUT2D eigenvalue weighted by atomic mass is 32.2. The van der Waals surface area contributed by atoms with Gasteiger partial charge in [0.15, 0.2) is 0 Å². The number of nitrogens with one attached hydrogen (secondary N) is 1. The highest BCUT2D eigenvalue weighted by Crippen LogP contribution is 2.17. The van der Waals surface area contributed by atoms with Gasteiger partial charge >= 0.3 is 5.97 Å². The first-order chi connectivity index (χ1) is 20.0. The Balaban J connectivity index is 2.02. The van der Waals surface area contributed by atoms with Crippen molar-refractivity contribution in [1.29, 1.82) is 0 Å². The number of thioether (sulfide) groups is 1. The number of nitrogens with zero attached hydrogens (tertiary/aromatic N) is 1.